The summed E-state index contributed by atoms with van der Waals surface area (Å²) >= 11 is 0. The number of nitrogen functional groups attached to an aromatic ring is 1. The molecule has 0 bridgehead atoms. The Kier molecular flexibility index (Phi) is 2.95. The van der Waals surface area contributed by atoms with Crippen LogP contribution in [0.25, 0.3) is 0 Å². The van der Waals surface area contributed by atoms with Gasteiger partial charge in [-0.3, -0.25) is 0 Å². The van der Waals surface area contributed by atoms with Crippen LogP contribution < -0.4 is 11.1 Å². The monoisotopic (exact) mass is 218 g/mol. The number of hydrogen-bond donors (Lipinski definition) is 2. The zero-order valence-electron chi connectivity index (χ0n) is 8.52. The maximum Gasteiger partial charge on any atom is 0.148 e. The summed E-state index contributed by atoms with van der Waals surface area (Å²) in [4.78, 5) is 7.85. The standard InChI is InChI=1S/C11H11FN4/c12-9-2-1-3-10(11(9)13)15-6-8-4-5-14-7-16-8/h1-5,7,15H,6,13H2. The van der Waals surface area contributed by atoms with Gasteiger partial charge in [-0.05, 0) is 18.2 Å². The molecule has 4 nitrogen and oxygen atoms in total. The quantitative estimate of drug-likeness (QED) is 0.771. The molecular weight excluding hydrogens is 207 g/mol. The summed E-state index contributed by atoms with van der Waals surface area (Å²) in [5.41, 5.74) is 7.08. The Morgan fingerprint density at radius 3 is 2.94 bits per heavy atom. The number of nitrogens with one attached hydrogen (secondary N) is 1. The van der Waals surface area contributed by atoms with Crippen LogP contribution in [-0.2, 0) is 6.54 Å². The first-order valence-electron chi connectivity index (χ1n) is 4.80. The Bertz CT molecular complexity index is 473. The van der Waals surface area contributed by atoms with Crippen molar-refractivity contribution in [1.29, 1.82) is 0 Å². The highest BCUT2D eigenvalue weighted by Crippen LogP contribution is 2.21. The normalized spacial score (nSPS) is 10.1. The molecule has 16 heavy (non-hydrogen) atoms. The second-order valence-electron chi connectivity index (χ2n) is 3.26. The van der Waals surface area contributed by atoms with Crippen molar-refractivity contribution in [2.75, 3.05) is 11.1 Å². The Morgan fingerprint density at radius 2 is 2.19 bits per heavy atom. The van der Waals surface area contributed by atoms with E-state index >= 15 is 0 Å². The van der Waals surface area contributed by atoms with E-state index in [1.807, 2.05) is 0 Å². The number of anilines is 2. The second-order valence-corrected chi connectivity index (χ2v) is 3.26. The van der Waals surface area contributed by atoms with E-state index in [1.54, 1.807) is 24.4 Å². The van der Waals surface area contributed by atoms with Crippen molar-refractivity contribution in [3.8, 4) is 0 Å². The molecule has 0 atom stereocenters. The van der Waals surface area contributed by atoms with E-state index in [9.17, 15) is 4.39 Å². The van der Waals surface area contributed by atoms with E-state index in [1.165, 1.54) is 12.4 Å². The minimum absolute atomic E-state index is 0.122. The molecule has 0 saturated carbocycles. The molecule has 0 spiro atoms. The van der Waals surface area contributed by atoms with Crippen LogP contribution in [0.2, 0.25) is 0 Å². The molecule has 0 fully saturated rings. The summed E-state index contributed by atoms with van der Waals surface area (Å²) in [5.74, 6) is -0.423. The number of nitrogens with two attached hydrogens (primary N) is 1. The first-order chi connectivity index (χ1) is 7.77. The van der Waals surface area contributed by atoms with Crippen molar-refractivity contribution < 1.29 is 4.39 Å². The molecular formula is C11H11FN4. The van der Waals surface area contributed by atoms with Crippen LogP contribution in [0.5, 0.6) is 0 Å². The number of hydrogen-bond acceptors (Lipinski definition) is 4. The highest BCUT2D eigenvalue weighted by Gasteiger charge is 2.03. The summed E-state index contributed by atoms with van der Waals surface area (Å²) < 4.78 is 13.1. The van der Waals surface area contributed by atoms with Crippen molar-refractivity contribution in [3.63, 3.8) is 0 Å². The number of nitrogens with zero attached hydrogens (tertiary/aromatic N) is 2. The largest absolute Gasteiger partial charge is 0.395 e. The first kappa shape index (κ1) is 10.4. The van der Waals surface area contributed by atoms with Gasteiger partial charge in [-0.15, -0.1) is 0 Å². The maximum absolute atomic E-state index is 13.1. The Balaban J connectivity index is 2.08. The minimum atomic E-state index is -0.423. The van der Waals surface area contributed by atoms with Crippen LogP contribution >= 0.6 is 0 Å². The summed E-state index contributed by atoms with van der Waals surface area (Å²) in [7, 11) is 0. The van der Waals surface area contributed by atoms with Crippen LogP contribution in [0.1, 0.15) is 5.69 Å². The smallest absolute Gasteiger partial charge is 0.148 e. The summed E-state index contributed by atoms with van der Waals surface area (Å²) in [6, 6.07) is 6.43. The Hall–Kier alpha value is -2.17. The molecule has 0 aliphatic rings. The average Bonchev–Trinajstić information content (AvgIpc) is 2.32. The molecule has 0 radical (unpaired) electrons. The predicted molar refractivity (Wildman–Crippen MR) is 60.2 cm³/mol. The molecule has 3 N–H and O–H groups in total. The highest BCUT2D eigenvalue weighted by molar-refractivity contribution is 5.66. The number of rotatable bonds is 3. The molecule has 1 aromatic heterocycles. The van der Waals surface area contributed by atoms with Gasteiger partial charge in [0.25, 0.3) is 0 Å². The summed E-state index contributed by atoms with van der Waals surface area (Å²) in [6.45, 7) is 0.482. The maximum atomic E-state index is 13.1. The molecule has 1 aromatic carbocycles. The lowest BCUT2D eigenvalue weighted by Gasteiger charge is -2.08. The second kappa shape index (κ2) is 4.57. The van der Waals surface area contributed by atoms with Gasteiger partial charge in [0.15, 0.2) is 0 Å². The molecule has 82 valence electrons. The minimum Gasteiger partial charge on any atom is -0.395 e. The molecule has 0 aliphatic heterocycles. The molecule has 0 unspecified atom stereocenters. The molecule has 0 aliphatic carbocycles. The van der Waals surface area contributed by atoms with Crippen molar-refractivity contribution in [1.82, 2.24) is 9.97 Å². The summed E-state index contributed by atoms with van der Waals surface area (Å²) in [6.07, 6.45) is 3.12. The lowest BCUT2D eigenvalue weighted by molar-refractivity contribution is 0.633. The third-order valence-corrected chi connectivity index (χ3v) is 2.16. The average molecular weight is 218 g/mol. The fourth-order valence-electron chi connectivity index (χ4n) is 1.30. The van der Waals surface area contributed by atoms with E-state index in [-0.39, 0.29) is 5.69 Å². The van der Waals surface area contributed by atoms with Gasteiger partial charge >= 0.3 is 0 Å². The van der Waals surface area contributed by atoms with E-state index in [4.69, 9.17) is 5.73 Å². The predicted octanol–water partition coefficient (Wildman–Crippen LogP) is 1.81. The van der Waals surface area contributed by atoms with Gasteiger partial charge < -0.3 is 11.1 Å². The zero-order valence-corrected chi connectivity index (χ0v) is 8.52. The molecule has 2 rings (SSSR count). The first-order valence-corrected chi connectivity index (χ1v) is 4.80. The Labute approximate surface area is 92.3 Å². The Morgan fingerprint density at radius 1 is 1.31 bits per heavy atom. The van der Waals surface area contributed by atoms with Crippen LogP contribution in [0.15, 0.2) is 36.8 Å². The van der Waals surface area contributed by atoms with Gasteiger partial charge in [-0.1, -0.05) is 6.07 Å². The SMILES string of the molecule is Nc1c(F)cccc1NCc1ccncn1. The molecule has 5 heteroatoms. The summed E-state index contributed by atoms with van der Waals surface area (Å²) in [5, 5.41) is 3.01. The number of para-hydroxylation sites is 1. The van der Waals surface area contributed by atoms with Crippen molar-refractivity contribution in [3.05, 3.63) is 48.3 Å². The van der Waals surface area contributed by atoms with E-state index in [0.29, 0.717) is 12.2 Å². The third kappa shape index (κ3) is 2.25. The molecule has 1 heterocycles. The van der Waals surface area contributed by atoms with Gasteiger partial charge in [0.2, 0.25) is 0 Å². The molecule has 0 amide bonds. The van der Waals surface area contributed by atoms with Crippen molar-refractivity contribution in [2.45, 2.75) is 6.54 Å². The van der Waals surface area contributed by atoms with Crippen LogP contribution in [0.3, 0.4) is 0 Å². The lowest BCUT2D eigenvalue weighted by atomic mass is 10.2. The lowest BCUT2D eigenvalue weighted by Crippen LogP contribution is -2.05. The van der Waals surface area contributed by atoms with E-state index in [2.05, 4.69) is 15.3 Å². The highest BCUT2D eigenvalue weighted by atomic mass is 19.1. The van der Waals surface area contributed by atoms with Gasteiger partial charge in [0.1, 0.15) is 12.1 Å². The molecule has 2 aromatic rings. The number of benzene rings is 1. The van der Waals surface area contributed by atoms with Crippen LogP contribution in [0.4, 0.5) is 15.8 Å². The van der Waals surface area contributed by atoms with Crippen molar-refractivity contribution in [2.24, 2.45) is 0 Å². The molecule has 0 saturated heterocycles. The number of halogens is 1. The fraction of sp³-hybridized carbons (Fsp3) is 0.0909. The number of aromatic nitrogens is 2. The zero-order chi connectivity index (χ0) is 11.4. The third-order valence-electron chi connectivity index (χ3n) is 2.16. The van der Waals surface area contributed by atoms with Crippen LogP contribution in [-0.4, -0.2) is 9.97 Å². The van der Waals surface area contributed by atoms with Gasteiger partial charge in [0, 0.05) is 6.20 Å². The van der Waals surface area contributed by atoms with E-state index < -0.39 is 5.82 Å². The van der Waals surface area contributed by atoms with Crippen LogP contribution in [0, 0.1) is 5.82 Å². The fourth-order valence-corrected chi connectivity index (χ4v) is 1.30. The van der Waals surface area contributed by atoms with Crippen molar-refractivity contribution >= 4 is 11.4 Å². The van der Waals surface area contributed by atoms with E-state index in [0.717, 1.165) is 5.69 Å². The van der Waals surface area contributed by atoms with Gasteiger partial charge in [-0.2, -0.15) is 0 Å². The van der Waals surface area contributed by atoms with Gasteiger partial charge in [0.05, 0.1) is 23.6 Å². The van der Waals surface area contributed by atoms with Gasteiger partial charge in [-0.25, -0.2) is 14.4 Å². The topological polar surface area (TPSA) is 63.8 Å².